The maximum Gasteiger partial charge on any atom is 0.0295 e. The molecule has 0 radical (unpaired) electrons. The Morgan fingerprint density at radius 3 is 1.03 bits per heavy atom. The van der Waals surface area contributed by atoms with Crippen molar-refractivity contribution in [1.82, 2.24) is 9.80 Å². The summed E-state index contributed by atoms with van der Waals surface area (Å²) in [5.41, 5.74) is 2.96. The first-order chi connectivity index (χ1) is 16.7. The number of hydrogen-bond acceptors (Lipinski definition) is 2. The lowest BCUT2D eigenvalue weighted by Gasteiger charge is -2.43. The molecular weight excluding hydrogens is 412 g/mol. The molecule has 0 spiro atoms. The van der Waals surface area contributed by atoms with Crippen LogP contribution in [-0.4, -0.2) is 48.1 Å². The highest BCUT2D eigenvalue weighted by atomic mass is 15.2. The molecule has 190 valence electrons. The van der Waals surface area contributed by atoms with Crippen LogP contribution < -0.4 is 0 Å². The molecule has 0 aliphatic carbocycles. The quantitative estimate of drug-likeness (QED) is 0.208. The van der Waals surface area contributed by atoms with Gasteiger partial charge in [0, 0.05) is 12.1 Å². The van der Waals surface area contributed by atoms with Crippen molar-refractivity contribution in [3.05, 3.63) is 71.8 Å². The molecule has 2 rings (SSSR count). The minimum Gasteiger partial charge on any atom is -0.298 e. The van der Waals surface area contributed by atoms with E-state index in [1.54, 1.807) is 0 Å². The van der Waals surface area contributed by atoms with Gasteiger partial charge >= 0.3 is 0 Å². The van der Waals surface area contributed by atoms with Crippen LogP contribution in [0.15, 0.2) is 60.7 Å². The summed E-state index contributed by atoms with van der Waals surface area (Å²) in [6.07, 6.45) is 12.5. The van der Waals surface area contributed by atoms with Crippen LogP contribution in [0.5, 0.6) is 0 Å². The third-order valence-corrected chi connectivity index (χ3v) is 7.15. The van der Waals surface area contributed by atoms with E-state index in [-0.39, 0.29) is 0 Å². The van der Waals surface area contributed by atoms with E-state index in [0.717, 1.165) is 12.8 Å². The van der Waals surface area contributed by atoms with Gasteiger partial charge in [0.15, 0.2) is 0 Å². The van der Waals surface area contributed by atoms with Gasteiger partial charge in [0.1, 0.15) is 0 Å². The fourth-order valence-corrected chi connectivity index (χ4v) is 5.06. The van der Waals surface area contributed by atoms with Gasteiger partial charge in [-0.2, -0.15) is 0 Å². The molecule has 0 N–H and O–H groups in total. The summed E-state index contributed by atoms with van der Waals surface area (Å²) >= 11 is 0. The molecule has 2 heteroatoms. The molecule has 2 aromatic carbocycles. The SMILES string of the molecule is CCCCN(CCCC)C(Cc1ccccc1)C(Cc1ccccc1)N(CCCC)CCCC. The summed E-state index contributed by atoms with van der Waals surface area (Å²) in [4.78, 5) is 5.75. The zero-order valence-electron chi connectivity index (χ0n) is 22.7. The zero-order chi connectivity index (χ0) is 24.4. The highest BCUT2D eigenvalue weighted by Gasteiger charge is 2.31. The van der Waals surface area contributed by atoms with E-state index in [1.165, 1.54) is 88.7 Å². The molecule has 2 nitrogen and oxygen atoms in total. The number of benzene rings is 2. The van der Waals surface area contributed by atoms with Gasteiger partial charge in [-0.3, -0.25) is 9.80 Å². The molecule has 34 heavy (non-hydrogen) atoms. The fraction of sp³-hybridized carbons (Fsp3) is 0.625. The highest BCUT2D eigenvalue weighted by molar-refractivity contribution is 5.20. The van der Waals surface area contributed by atoms with E-state index in [4.69, 9.17) is 0 Å². The Hall–Kier alpha value is -1.64. The Morgan fingerprint density at radius 2 is 0.765 bits per heavy atom. The van der Waals surface area contributed by atoms with E-state index in [1.807, 2.05) is 0 Å². The van der Waals surface area contributed by atoms with Crippen molar-refractivity contribution in [3.63, 3.8) is 0 Å². The van der Waals surface area contributed by atoms with Gasteiger partial charge < -0.3 is 0 Å². The predicted octanol–water partition coefficient (Wildman–Crippen LogP) is 8.01. The third kappa shape index (κ3) is 10.3. The van der Waals surface area contributed by atoms with Gasteiger partial charge in [-0.25, -0.2) is 0 Å². The van der Waals surface area contributed by atoms with Crippen LogP contribution in [0, 0.1) is 0 Å². The zero-order valence-corrected chi connectivity index (χ0v) is 22.7. The van der Waals surface area contributed by atoms with E-state index in [9.17, 15) is 0 Å². The molecule has 0 bridgehead atoms. The minimum atomic E-state index is 0.536. The van der Waals surface area contributed by atoms with Gasteiger partial charge in [-0.15, -0.1) is 0 Å². The van der Waals surface area contributed by atoms with Crippen molar-refractivity contribution >= 4 is 0 Å². The number of unbranched alkanes of at least 4 members (excludes halogenated alkanes) is 4. The average molecular weight is 465 g/mol. The van der Waals surface area contributed by atoms with Crippen LogP contribution in [0.25, 0.3) is 0 Å². The first kappa shape index (κ1) is 28.6. The first-order valence-corrected chi connectivity index (χ1v) is 14.3. The molecule has 0 amide bonds. The normalized spacial score (nSPS) is 13.5. The molecule has 0 saturated carbocycles. The molecule has 0 fully saturated rings. The maximum absolute atomic E-state index is 2.87. The summed E-state index contributed by atoms with van der Waals surface area (Å²) < 4.78 is 0. The molecule has 2 unspecified atom stereocenters. The Labute approximate surface area is 211 Å². The monoisotopic (exact) mass is 464 g/mol. The molecule has 0 saturated heterocycles. The summed E-state index contributed by atoms with van der Waals surface area (Å²) in [5.74, 6) is 0. The average Bonchev–Trinajstić information content (AvgIpc) is 2.88. The van der Waals surface area contributed by atoms with Gasteiger partial charge in [-0.1, -0.05) is 114 Å². The topological polar surface area (TPSA) is 6.48 Å². The van der Waals surface area contributed by atoms with Crippen LogP contribution in [0.2, 0.25) is 0 Å². The fourth-order valence-electron chi connectivity index (χ4n) is 5.06. The Bertz CT molecular complexity index is 635. The molecule has 0 heterocycles. The molecule has 0 aliphatic rings. The first-order valence-electron chi connectivity index (χ1n) is 14.3. The maximum atomic E-state index is 2.87. The van der Waals surface area contributed by atoms with Crippen LogP contribution in [0.4, 0.5) is 0 Å². The van der Waals surface area contributed by atoms with Gasteiger partial charge in [0.2, 0.25) is 0 Å². The van der Waals surface area contributed by atoms with Gasteiger partial charge in [-0.05, 0) is 75.8 Å². The Balaban J connectivity index is 2.47. The molecular formula is C32H52N2. The predicted molar refractivity (Wildman–Crippen MR) is 151 cm³/mol. The van der Waals surface area contributed by atoms with Crippen molar-refractivity contribution in [2.75, 3.05) is 26.2 Å². The van der Waals surface area contributed by atoms with Crippen LogP contribution >= 0.6 is 0 Å². The lowest BCUT2D eigenvalue weighted by Crippen LogP contribution is -2.55. The number of rotatable bonds is 19. The summed E-state index contributed by atoms with van der Waals surface area (Å²) in [6, 6.07) is 23.6. The van der Waals surface area contributed by atoms with Crippen molar-refractivity contribution in [3.8, 4) is 0 Å². The van der Waals surface area contributed by atoms with Crippen molar-refractivity contribution in [1.29, 1.82) is 0 Å². The van der Waals surface area contributed by atoms with Gasteiger partial charge in [0.05, 0.1) is 0 Å². The van der Waals surface area contributed by atoms with Crippen molar-refractivity contribution in [2.45, 2.75) is 104 Å². The largest absolute Gasteiger partial charge is 0.298 e. The number of nitrogens with zero attached hydrogens (tertiary/aromatic N) is 2. The minimum absolute atomic E-state index is 0.536. The van der Waals surface area contributed by atoms with E-state index in [0.29, 0.717) is 12.1 Å². The van der Waals surface area contributed by atoms with E-state index in [2.05, 4.69) is 98.2 Å². The molecule has 0 aliphatic heterocycles. The summed E-state index contributed by atoms with van der Waals surface area (Å²) in [5, 5.41) is 0. The second-order valence-electron chi connectivity index (χ2n) is 10.0. The Kier molecular flexibility index (Phi) is 14.9. The van der Waals surface area contributed by atoms with Crippen LogP contribution in [-0.2, 0) is 12.8 Å². The van der Waals surface area contributed by atoms with Crippen LogP contribution in [0.1, 0.15) is 90.2 Å². The van der Waals surface area contributed by atoms with Gasteiger partial charge in [0.25, 0.3) is 0 Å². The second kappa shape index (κ2) is 17.7. The van der Waals surface area contributed by atoms with Crippen LogP contribution in [0.3, 0.4) is 0 Å². The highest BCUT2D eigenvalue weighted by Crippen LogP contribution is 2.23. The molecule has 2 aromatic rings. The van der Waals surface area contributed by atoms with Crippen molar-refractivity contribution < 1.29 is 0 Å². The van der Waals surface area contributed by atoms with E-state index < -0.39 is 0 Å². The summed E-state index contributed by atoms with van der Waals surface area (Å²) in [6.45, 7) is 14.2. The summed E-state index contributed by atoms with van der Waals surface area (Å²) in [7, 11) is 0. The third-order valence-electron chi connectivity index (χ3n) is 7.15. The lowest BCUT2D eigenvalue weighted by atomic mass is 9.90. The van der Waals surface area contributed by atoms with E-state index >= 15 is 0 Å². The standard InChI is InChI=1S/C32H52N2/c1-5-9-23-33(24-10-6-2)31(27-29-19-15-13-16-20-29)32(28-30-21-17-14-18-22-30)34(25-11-7-3)26-12-8-4/h13-22,31-32H,5-12,23-28H2,1-4H3. The lowest BCUT2D eigenvalue weighted by molar-refractivity contribution is 0.0711. The molecule has 2 atom stereocenters. The number of hydrogen-bond donors (Lipinski definition) is 0. The Morgan fingerprint density at radius 1 is 0.471 bits per heavy atom. The van der Waals surface area contributed by atoms with Crippen molar-refractivity contribution in [2.24, 2.45) is 0 Å². The smallest absolute Gasteiger partial charge is 0.0295 e. The molecule has 0 aromatic heterocycles. The second-order valence-corrected chi connectivity index (χ2v) is 10.0.